The van der Waals surface area contributed by atoms with Crippen molar-refractivity contribution in [1.29, 1.82) is 0 Å². The maximum absolute atomic E-state index is 13.9. The van der Waals surface area contributed by atoms with Crippen molar-refractivity contribution in [3.8, 4) is 16.9 Å². The quantitative estimate of drug-likeness (QED) is 0.101. The molecule has 42 heavy (non-hydrogen) atoms. The van der Waals surface area contributed by atoms with Crippen LogP contribution in [0.5, 0.6) is 5.75 Å². The summed E-state index contributed by atoms with van der Waals surface area (Å²) in [6.07, 6.45) is 1.93. The number of cyclic esters (lactones) is 1. The van der Waals surface area contributed by atoms with Crippen LogP contribution in [0.25, 0.3) is 16.6 Å². The number of fused-ring (bicyclic) bond motifs is 2. The smallest absolute Gasteiger partial charge is 0.341 e. The summed E-state index contributed by atoms with van der Waals surface area (Å²) < 4.78 is 14.6. The maximum atomic E-state index is 13.9. The summed E-state index contributed by atoms with van der Waals surface area (Å²) in [5.41, 5.74) is 3.55. The number of rotatable bonds is 7. The molecule has 0 radical (unpaired) electrons. The molecule has 5 aromatic rings. The van der Waals surface area contributed by atoms with E-state index in [0.29, 0.717) is 22.6 Å². The third-order valence-electron chi connectivity index (χ3n) is 7.86. The predicted octanol–water partition coefficient (Wildman–Crippen LogP) is 9.54. The van der Waals surface area contributed by atoms with Crippen LogP contribution in [0.2, 0.25) is 20.1 Å². The van der Waals surface area contributed by atoms with Gasteiger partial charge in [0.1, 0.15) is 5.75 Å². The Bertz CT molecular complexity index is 1850. The van der Waals surface area contributed by atoms with Gasteiger partial charge in [-0.3, -0.25) is 0 Å². The van der Waals surface area contributed by atoms with Gasteiger partial charge >= 0.3 is 5.97 Å². The second kappa shape index (κ2) is 11.1. The lowest BCUT2D eigenvalue weighted by Crippen LogP contribution is -2.33. The lowest BCUT2D eigenvalue weighted by Gasteiger charge is -2.34. The van der Waals surface area contributed by atoms with E-state index in [1.54, 1.807) is 7.11 Å². The highest BCUT2D eigenvalue weighted by molar-refractivity contribution is 6.53. The molecule has 0 aliphatic carbocycles. The second-order valence-corrected chi connectivity index (χ2v) is 11.4. The fraction of sp³-hybridized carbons (Fsp3) is 0.182. The molecule has 3 heterocycles. The molecule has 1 atom stereocenters. The standard InChI is InChI=1S/C33H26Cl4N2O3/c1-4-38(5-2)20-14-15-23(24(18-20)41-3)33(26-25(32(40)42-33)27(34)29(36)30(37)28(26)35)31-22(19-11-7-6-8-12-19)17-21-13-9-10-16-39(21)31/h6-18H,4-5H2,1-3H3. The van der Waals surface area contributed by atoms with Gasteiger partial charge < -0.3 is 18.8 Å². The van der Waals surface area contributed by atoms with E-state index in [9.17, 15) is 4.79 Å². The number of ether oxygens (including phenoxy) is 2. The van der Waals surface area contributed by atoms with Gasteiger partial charge in [0.05, 0.1) is 38.5 Å². The number of aromatic nitrogens is 1. The minimum absolute atomic E-state index is 0.0121. The Morgan fingerprint density at radius 2 is 1.55 bits per heavy atom. The fourth-order valence-electron chi connectivity index (χ4n) is 5.96. The van der Waals surface area contributed by atoms with Crippen molar-refractivity contribution in [3.63, 3.8) is 0 Å². The summed E-state index contributed by atoms with van der Waals surface area (Å²) in [4.78, 5) is 16.1. The van der Waals surface area contributed by atoms with Crippen molar-refractivity contribution in [2.45, 2.75) is 19.4 Å². The molecule has 1 aliphatic heterocycles. The van der Waals surface area contributed by atoms with Crippen LogP contribution < -0.4 is 9.64 Å². The van der Waals surface area contributed by atoms with Gasteiger partial charge in [-0.05, 0) is 49.7 Å². The van der Waals surface area contributed by atoms with Crippen LogP contribution in [0.4, 0.5) is 5.69 Å². The van der Waals surface area contributed by atoms with Crippen molar-refractivity contribution in [2.75, 3.05) is 25.1 Å². The maximum Gasteiger partial charge on any atom is 0.341 e. The number of esters is 1. The first-order valence-corrected chi connectivity index (χ1v) is 15.0. The number of carbonyl (C=O) groups is 1. The van der Waals surface area contributed by atoms with Crippen LogP contribution in [0.1, 0.15) is 41.0 Å². The third kappa shape index (κ3) is 4.17. The van der Waals surface area contributed by atoms with Crippen molar-refractivity contribution < 1.29 is 14.3 Å². The Balaban J connectivity index is 1.82. The molecule has 0 fully saturated rings. The van der Waals surface area contributed by atoms with Crippen LogP contribution in [0.15, 0.2) is 79.0 Å². The predicted molar refractivity (Wildman–Crippen MR) is 171 cm³/mol. The fourth-order valence-corrected chi connectivity index (χ4v) is 7.02. The summed E-state index contributed by atoms with van der Waals surface area (Å²) in [6, 6.07) is 23.7. The molecule has 9 heteroatoms. The molecule has 3 aromatic carbocycles. The number of carbonyl (C=O) groups excluding carboxylic acids is 1. The Morgan fingerprint density at radius 1 is 0.857 bits per heavy atom. The van der Waals surface area contributed by atoms with E-state index in [1.165, 1.54) is 0 Å². The molecule has 0 saturated carbocycles. The Morgan fingerprint density at radius 3 is 2.24 bits per heavy atom. The Labute approximate surface area is 264 Å². The summed E-state index contributed by atoms with van der Waals surface area (Å²) in [5, 5.41) is 0.0769. The van der Waals surface area contributed by atoms with Crippen molar-refractivity contribution in [2.24, 2.45) is 0 Å². The highest BCUT2D eigenvalue weighted by Crippen LogP contribution is 2.58. The van der Waals surface area contributed by atoms with Crippen LogP contribution in [-0.4, -0.2) is 30.6 Å². The number of benzene rings is 3. The first-order chi connectivity index (χ1) is 20.3. The number of anilines is 1. The molecule has 0 spiro atoms. The largest absolute Gasteiger partial charge is 0.496 e. The van der Waals surface area contributed by atoms with Gasteiger partial charge in [0.25, 0.3) is 0 Å². The molecule has 0 amide bonds. The summed E-state index contributed by atoms with van der Waals surface area (Å²) in [6.45, 7) is 5.79. The number of methoxy groups -OCH3 is 1. The highest BCUT2D eigenvalue weighted by atomic mass is 35.5. The number of nitrogens with zero attached hydrogens (tertiary/aromatic N) is 2. The Hall–Kier alpha value is -3.35. The molecule has 0 bridgehead atoms. The topological polar surface area (TPSA) is 43.2 Å². The lowest BCUT2D eigenvalue weighted by molar-refractivity contribution is 0.0232. The van der Waals surface area contributed by atoms with Crippen molar-refractivity contribution >= 4 is 63.6 Å². The molecule has 1 unspecified atom stereocenters. The molecular weight excluding hydrogens is 614 g/mol. The molecule has 214 valence electrons. The van der Waals surface area contributed by atoms with Crippen LogP contribution in [0, 0.1) is 0 Å². The monoisotopic (exact) mass is 638 g/mol. The van der Waals surface area contributed by atoms with Gasteiger partial charge in [0, 0.05) is 53.2 Å². The summed E-state index contributed by atoms with van der Waals surface area (Å²) in [5.74, 6) is -0.168. The average Bonchev–Trinajstić information content (AvgIpc) is 3.56. The first kappa shape index (κ1) is 28.8. The molecule has 1 aliphatic rings. The van der Waals surface area contributed by atoms with E-state index < -0.39 is 11.6 Å². The minimum Gasteiger partial charge on any atom is -0.496 e. The third-order valence-corrected chi connectivity index (χ3v) is 9.66. The number of pyridine rings is 1. The average molecular weight is 640 g/mol. The number of hydrogen-bond acceptors (Lipinski definition) is 4. The summed E-state index contributed by atoms with van der Waals surface area (Å²) in [7, 11) is 1.59. The van der Waals surface area contributed by atoms with Gasteiger partial charge in [0.15, 0.2) is 0 Å². The van der Waals surface area contributed by atoms with Crippen molar-refractivity contribution in [3.05, 3.63) is 121 Å². The van der Waals surface area contributed by atoms with E-state index in [4.69, 9.17) is 55.9 Å². The zero-order valence-corrected chi connectivity index (χ0v) is 26.1. The number of halogens is 4. The Kier molecular flexibility index (Phi) is 7.57. The van der Waals surface area contributed by atoms with E-state index >= 15 is 0 Å². The molecular formula is C33H26Cl4N2O3. The van der Waals surface area contributed by atoms with Gasteiger partial charge in [-0.2, -0.15) is 0 Å². The molecule has 6 rings (SSSR count). The van der Waals surface area contributed by atoms with E-state index in [0.717, 1.165) is 35.4 Å². The summed E-state index contributed by atoms with van der Waals surface area (Å²) >= 11 is 26.9. The van der Waals surface area contributed by atoms with E-state index in [-0.39, 0.29) is 25.7 Å². The number of hydrogen-bond donors (Lipinski definition) is 0. The zero-order valence-electron chi connectivity index (χ0n) is 23.1. The van der Waals surface area contributed by atoms with Gasteiger partial charge in [-0.15, -0.1) is 0 Å². The highest BCUT2D eigenvalue weighted by Gasteiger charge is 2.56. The van der Waals surface area contributed by atoms with Crippen LogP contribution >= 0.6 is 46.4 Å². The van der Waals surface area contributed by atoms with E-state index in [2.05, 4.69) is 24.8 Å². The zero-order chi connectivity index (χ0) is 29.8. The van der Waals surface area contributed by atoms with Gasteiger partial charge in [-0.1, -0.05) is 82.8 Å². The van der Waals surface area contributed by atoms with E-state index in [1.807, 2.05) is 77.3 Å². The van der Waals surface area contributed by atoms with Crippen molar-refractivity contribution in [1.82, 2.24) is 4.40 Å². The lowest BCUT2D eigenvalue weighted by atomic mass is 9.79. The molecule has 5 nitrogen and oxygen atoms in total. The second-order valence-electron chi connectivity index (χ2n) is 9.90. The SMILES string of the molecule is CCN(CC)c1ccc(C2(c3c(-c4ccccc4)cc4ccccn34)OC(=O)c3c(Cl)c(Cl)c(Cl)c(Cl)c32)c(OC)c1. The molecule has 2 aromatic heterocycles. The molecule has 0 saturated heterocycles. The normalized spacial score (nSPS) is 16.0. The first-order valence-electron chi connectivity index (χ1n) is 13.5. The van der Waals surface area contributed by atoms with Gasteiger partial charge in [-0.25, -0.2) is 4.79 Å². The molecule has 0 N–H and O–H groups in total. The van der Waals surface area contributed by atoms with Crippen LogP contribution in [-0.2, 0) is 10.3 Å². The van der Waals surface area contributed by atoms with Gasteiger partial charge in [0.2, 0.25) is 5.60 Å². The minimum atomic E-state index is -1.62. The van der Waals surface area contributed by atoms with Crippen LogP contribution in [0.3, 0.4) is 0 Å².